The monoisotopic (exact) mass is 576 g/mol. The molecular formula is C30H29ClN4O4S. The number of benzene rings is 3. The van der Waals surface area contributed by atoms with Gasteiger partial charge in [0.15, 0.2) is 0 Å². The number of nitrogens with one attached hydrogen (secondary N) is 2. The van der Waals surface area contributed by atoms with Gasteiger partial charge in [0.1, 0.15) is 12.4 Å². The number of sulfonamides is 1. The van der Waals surface area contributed by atoms with Crippen LogP contribution in [0.15, 0.2) is 71.6 Å². The van der Waals surface area contributed by atoms with Gasteiger partial charge in [-0.1, -0.05) is 17.7 Å². The lowest BCUT2D eigenvalue weighted by Gasteiger charge is -2.20. The van der Waals surface area contributed by atoms with Crippen LogP contribution < -0.4 is 14.4 Å². The summed E-state index contributed by atoms with van der Waals surface area (Å²) >= 11 is 6.07. The topological polar surface area (TPSA) is 94.7 Å². The van der Waals surface area contributed by atoms with Crippen molar-refractivity contribution in [3.63, 3.8) is 0 Å². The lowest BCUT2D eigenvalue weighted by molar-refractivity contribution is -0.110. The van der Waals surface area contributed by atoms with E-state index in [1.165, 1.54) is 36.3 Å². The Morgan fingerprint density at radius 1 is 1.05 bits per heavy atom. The highest BCUT2D eigenvalue weighted by Gasteiger charge is 2.29. The maximum Gasteiger partial charge on any atom is 0.264 e. The second-order valence-electron chi connectivity index (χ2n) is 10.0. The van der Waals surface area contributed by atoms with Crippen LogP contribution in [-0.2, 0) is 14.8 Å². The predicted molar refractivity (Wildman–Crippen MR) is 159 cm³/mol. The molecule has 2 aliphatic heterocycles. The van der Waals surface area contributed by atoms with Gasteiger partial charge in [-0.3, -0.25) is 14.0 Å². The standard InChI is InChI=1S/C30H29ClN4O4S/c1-34(23-6-4-5-21(31)17-23)40(37,38)25-8-10-29-26(19-25)27(30(36)33-29)18-22-15-20-16-24(7-9-28(20)32-22)39-14-13-35-11-2-3-12-35/h4-10,15-19,32H,2-3,11-14H2,1H3,(H,33,36). The second kappa shape index (κ2) is 10.6. The summed E-state index contributed by atoms with van der Waals surface area (Å²) < 4.78 is 34.0. The molecule has 1 saturated heterocycles. The summed E-state index contributed by atoms with van der Waals surface area (Å²) in [6.45, 7) is 3.84. The van der Waals surface area contributed by atoms with Gasteiger partial charge in [0.25, 0.3) is 15.9 Å². The molecule has 1 amide bonds. The number of halogens is 1. The van der Waals surface area contributed by atoms with Crippen molar-refractivity contribution in [3.8, 4) is 5.75 Å². The summed E-state index contributed by atoms with van der Waals surface area (Å²) in [6.07, 6.45) is 4.26. The van der Waals surface area contributed by atoms with E-state index >= 15 is 0 Å². The van der Waals surface area contributed by atoms with Crippen molar-refractivity contribution in [1.29, 1.82) is 0 Å². The van der Waals surface area contributed by atoms with Crippen LogP contribution in [0.4, 0.5) is 11.4 Å². The van der Waals surface area contributed by atoms with E-state index in [0.717, 1.165) is 42.0 Å². The summed E-state index contributed by atoms with van der Waals surface area (Å²) in [5.74, 6) is 0.505. The molecule has 0 aliphatic carbocycles. The molecule has 2 aliphatic rings. The zero-order valence-electron chi connectivity index (χ0n) is 22.0. The molecule has 3 aromatic carbocycles. The summed E-state index contributed by atoms with van der Waals surface area (Å²) in [7, 11) is -2.42. The highest BCUT2D eigenvalue weighted by Crippen LogP contribution is 2.36. The number of anilines is 2. The number of fused-ring (bicyclic) bond motifs is 2. The molecule has 0 radical (unpaired) electrons. The molecule has 40 heavy (non-hydrogen) atoms. The van der Waals surface area contributed by atoms with Crippen molar-refractivity contribution >= 4 is 61.5 Å². The lowest BCUT2D eigenvalue weighted by Crippen LogP contribution is -2.26. The number of carbonyl (C=O) groups is 1. The normalized spacial score (nSPS) is 16.4. The van der Waals surface area contributed by atoms with E-state index in [-0.39, 0.29) is 10.8 Å². The number of amides is 1. The average molecular weight is 577 g/mol. The molecule has 8 nitrogen and oxygen atoms in total. The molecule has 0 bridgehead atoms. The number of carbonyl (C=O) groups excluding carboxylic acids is 1. The van der Waals surface area contributed by atoms with Crippen molar-refractivity contribution in [2.45, 2.75) is 17.7 Å². The van der Waals surface area contributed by atoms with E-state index in [1.54, 1.807) is 36.4 Å². The number of likely N-dealkylation sites (tertiary alicyclic amines) is 1. The van der Waals surface area contributed by atoms with E-state index in [9.17, 15) is 13.2 Å². The number of ether oxygens (including phenoxy) is 1. The van der Waals surface area contributed by atoms with Gasteiger partial charge in [-0.25, -0.2) is 8.42 Å². The average Bonchev–Trinajstić information content (AvgIpc) is 3.67. The van der Waals surface area contributed by atoms with E-state index in [0.29, 0.717) is 34.1 Å². The van der Waals surface area contributed by atoms with Gasteiger partial charge < -0.3 is 15.0 Å². The van der Waals surface area contributed by atoms with Crippen LogP contribution in [0.1, 0.15) is 24.1 Å². The van der Waals surface area contributed by atoms with Crippen LogP contribution in [0, 0.1) is 0 Å². The van der Waals surface area contributed by atoms with E-state index in [2.05, 4.69) is 15.2 Å². The van der Waals surface area contributed by atoms with E-state index in [1.807, 2.05) is 24.3 Å². The third kappa shape index (κ3) is 5.20. The van der Waals surface area contributed by atoms with Crippen LogP contribution in [0.25, 0.3) is 22.6 Å². The van der Waals surface area contributed by atoms with Crippen molar-refractivity contribution in [1.82, 2.24) is 9.88 Å². The van der Waals surface area contributed by atoms with E-state index in [4.69, 9.17) is 16.3 Å². The Hall–Kier alpha value is -3.79. The number of H-pyrrole nitrogens is 1. The van der Waals surface area contributed by atoms with Gasteiger partial charge in [-0.2, -0.15) is 0 Å². The van der Waals surface area contributed by atoms with Crippen LogP contribution in [0.5, 0.6) is 5.75 Å². The van der Waals surface area contributed by atoms with Gasteiger partial charge in [0.2, 0.25) is 0 Å². The van der Waals surface area contributed by atoms with Gasteiger partial charge in [0, 0.05) is 46.5 Å². The number of aromatic amines is 1. The molecule has 206 valence electrons. The Morgan fingerprint density at radius 2 is 1.88 bits per heavy atom. The van der Waals surface area contributed by atoms with Gasteiger partial charge in [-0.15, -0.1) is 0 Å². The van der Waals surface area contributed by atoms with E-state index < -0.39 is 10.0 Å². The number of rotatable bonds is 8. The highest BCUT2D eigenvalue weighted by atomic mass is 35.5. The first kappa shape index (κ1) is 26.4. The molecule has 0 unspecified atom stereocenters. The number of aromatic nitrogens is 1. The zero-order chi connectivity index (χ0) is 27.9. The minimum Gasteiger partial charge on any atom is -0.492 e. The Morgan fingerprint density at radius 3 is 2.67 bits per heavy atom. The molecule has 0 spiro atoms. The summed E-state index contributed by atoms with van der Waals surface area (Å²) in [4.78, 5) is 18.7. The maximum absolute atomic E-state index is 13.4. The van der Waals surface area contributed by atoms with Gasteiger partial charge in [-0.05, 0) is 92.7 Å². The fourth-order valence-electron chi connectivity index (χ4n) is 5.19. The molecule has 2 N–H and O–H groups in total. The van der Waals surface area contributed by atoms with Crippen LogP contribution in [-0.4, -0.2) is 57.5 Å². The Kier molecular flexibility index (Phi) is 7.04. The van der Waals surface area contributed by atoms with Crippen molar-refractivity contribution in [2.24, 2.45) is 0 Å². The number of hydrogen-bond donors (Lipinski definition) is 2. The Labute approximate surface area is 238 Å². The van der Waals surface area contributed by atoms with Gasteiger partial charge in [0.05, 0.1) is 16.2 Å². The quantitative estimate of drug-likeness (QED) is 0.266. The zero-order valence-corrected chi connectivity index (χ0v) is 23.6. The minimum atomic E-state index is -3.90. The summed E-state index contributed by atoms with van der Waals surface area (Å²) in [6, 6.07) is 19.1. The SMILES string of the molecule is CN(c1cccc(Cl)c1)S(=O)(=O)c1ccc2c(c1)C(=Cc1cc3cc(OCCN4CCCC4)ccc3[nH]1)C(=O)N2. The molecule has 0 saturated carbocycles. The highest BCUT2D eigenvalue weighted by molar-refractivity contribution is 7.92. The van der Waals surface area contributed by atoms with Crippen LogP contribution in [0.2, 0.25) is 5.02 Å². The van der Waals surface area contributed by atoms with Crippen LogP contribution >= 0.6 is 11.6 Å². The lowest BCUT2D eigenvalue weighted by atomic mass is 10.1. The minimum absolute atomic E-state index is 0.0727. The molecule has 6 rings (SSSR count). The number of hydrogen-bond acceptors (Lipinski definition) is 5. The van der Waals surface area contributed by atoms with Crippen molar-refractivity contribution < 1.29 is 17.9 Å². The largest absolute Gasteiger partial charge is 0.492 e. The number of nitrogens with zero attached hydrogens (tertiary/aromatic N) is 2. The first-order chi connectivity index (χ1) is 19.3. The fraction of sp³-hybridized carbons (Fsp3) is 0.233. The van der Waals surface area contributed by atoms with Crippen molar-refractivity contribution in [3.05, 3.63) is 83.0 Å². The van der Waals surface area contributed by atoms with Gasteiger partial charge >= 0.3 is 0 Å². The molecule has 1 aromatic heterocycles. The molecule has 3 heterocycles. The fourth-order valence-corrected chi connectivity index (χ4v) is 6.59. The second-order valence-corrected chi connectivity index (χ2v) is 12.4. The first-order valence-electron chi connectivity index (χ1n) is 13.2. The Bertz CT molecular complexity index is 1740. The smallest absolute Gasteiger partial charge is 0.264 e. The first-order valence-corrected chi connectivity index (χ1v) is 15.0. The molecule has 4 aromatic rings. The molecule has 0 atom stereocenters. The third-order valence-corrected chi connectivity index (χ3v) is 9.41. The third-order valence-electron chi connectivity index (χ3n) is 7.39. The molecular weight excluding hydrogens is 548 g/mol. The predicted octanol–water partition coefficient (Wildman–Crippen LogP) is 5.61. The summed E-state index contributed by atoms with van der Waals surface area (Å²) in [5, 5.41) is 4.23. The summed E-state index contributed by atoms with van der Waals surface area (Å²) in [5.41, 5.74) is 3.55. The maximum atomic E-state index is 13.4. The Balaban J connectivity index is 1.25. The van der Waals surface area contributed by atoms with Crippen LogP contribution in [0.3, 0.4) is 0 Å². The molecule has 1 fully saturated rings. The molecule has 10 heteroatoms. The van der Waals surface area contributed by atoms with Crippen molar-refractivity contribution in [2.75, 3.05) is 42.9 Å².